The van der Waals surface area contributed by atoms with E-state index in [1.54, 1.807) is 0 Å². The molecule has 0 saturated heterocycles. The zero-order valence-electron chi connectivity index (χ0n) is 17.7. The summed E-state index contributed by atoms with van der Waals surface area (Å²) in [6, 6.07) is 6.52. The molecule has 1 aromatic heterocycles. The molecule has 0 aliphatic heterocycles. The fourth-order valence-corrected chi connectivity index (χ4v) is 3.67. The summed E-state index contributed by atoms with van der Waals surface area (Å²) in [6.07, 6.45) is 26.5. The third-order valence-electron chi connectivity index (χ3n) is 5.45. The zero-order chi connectivity index (χ0) is 18.0. The third kappa shape index (κ3) is 14.6. The molecule has 1 nitrogen and oxygen atoms in total. The molecule has 0 atom stereocenters. The second kappa shape index (κ2) is 19.2. The standard InChI is InChI=1S/C24H44N.ClH/c1-3-4-5-6-7-8-9-10-11-12-13-14-15-16-17-18-21-24-22-19-20-23-25(24)2;/h19-20,22-23H,3-18,21H2,1-2H3;1H/q+1;/p-1. The Balaban J connectivity index is 0.00000625. The lowest BCUT2D eigenvalue weighted by Gasteiger charge is -2.03. The van der Waals surface area contributed by atoms with Crippen molar-refractivity contribution in [1.82, 2.24) is 0 Å². The van der Waals surface area contributed by atoms with Crippen molar-refractivity contribution in [3.63, 3.8) is 0 Å². The highest BCUT2D eigenvalue weighted by Gasteiger charge is 2.03. The molecule has 0 spiro atoms. The van der Waals surface area contributed by atoms with Gasteiger partial charge in [-0.05, 0) is 6.42 Å². The van der Waals surface area contributed by atoms with Gasteiger partial charge in [-0.3, -0.25) is 0 Å². The minimum atomic E-state index is 0. The van der Waals surface area contributed by atoms with Gasteiger partial charge < -0.3 is 12.4 Å². The van der Waals surface area contributed by atoms with Gasteiger partial charge in [-0.15, -0.1) is 0 Å². The molecule has 26 heavy (non-hydrogen) atoms. The lowest BCUT2D eigenvalue weighted by atomic mass is 10.0. The molecule has 152 valence electrons. The Labute approximate surface area is 170 Å². The first-order chi connectivity index (χ1) is 12.3. The monoisotopic (exact) mass is 381 g/mol. The first-order valence-corrected chi connectivity index (χ1v) is 11.3. The third-order valence-corrected chi connectivity index (χ3v) is 5.45. The molecule has 2 heteroatoms. The van der Waals surface area contributed by atoms with Gasteiger partial charge in [-0.25, -0.2) is 4.57 Å². The number of pyridine rings is 1. The number of hydrogen-bond acceptors (Lipinski definition) is 0. The number of nitrogens with zero attached hydrogens (tertiary/aromatic N) is 1. The van der Waals surface area contributed by atoms with Crippen LogP contribution in [0.25, 0.3) is 0 Å². The van der Waals surface area contributed by atoms with Crippen molar-refractivity contribution in [2.75, 3.05) is 0 Å². The van der Waals surface area contributed by atoms with Crippen LogP contribution < -0.4 is 17.0 Å². The van der Waals surface area contributed by atoms with Gasteiger partial charge >= 0.3 is 0 Å². The number of aryl methyl sites for hydroxylation is 2. The Bertz CT molecular complexity index is 405. The van der Waals surface area contributed by atoms with E-state index in [1.807, 2.05) is 0 Å². The lowest BCUT2D eigenvalue weighted by molar-refractivity contribution is -0.679. The Morgan fingerprint density at radius 1 is 0.615 bits per heavy atom. The van der Waals surface area contributed by atoms with Crippen molar-refractivity contribution in [3.05, 3.63) is 30.1 Å². The van der Waals surface area contributed by atoms with Crippen molar-refractivity contribution in [1.29, 1.82) is 0 Å². The fourth-order valence-electron chi connectivity index (χ4n) is 3.67. The van der Waals surface area contributed by atoms with Crippen LogP contribution in [0, 0.1) is 0 Å². The highest BCUT2D eigenvalue weighted by atomic mass is 35.5. The molecule has 0 aliphatic carbocycles. The summed E-state index contributed by atoms with van der Waals surface area (Å²) in [7, 11) is 2.15. The Morgan fingerprint density at radius 3 is 1.46 bits per heavy atom. The quantitative estimate of drug-likeness (QED) is 0.279. The smallest absolute Gasteiger partial charge is 0.181 e. The molecular weight excluding hydrogens is 338 g/mol. The van der Waals surface area contributed by atoms with Crippen molar-refractivity contribution >= 4 is 0 Å². The molecular formula is C24H44ClN. The van der Waals surface area contributed by atoms with E-state index in [4.69, 9.17) is 0 Å². The van der Waals surface area contributed by atoms with E-state index in [0.717, 1.165) is 0 Å². The minimum absolute atomic E-state index is 0. The number of rotatable bonds is 17. The normalized spacial score (nSPS) is 10.7. The molecule has 0 bridgehead atoms. The predicted molar refractivity (Wildman–Crippen MR) is 111 cm³/mol. The van der Waals surface area contributed by atoms with Crippen LogP contribution in [0.3, 0.4) is 0 Å². The van der Waals surface area contributed by atoms with E-state index in [-0.39, 0.29) is 12.4 Å². The maximum Gasteiger partial charge on any atom is 0.181 e. The molecule has 1 rings (SSSR count). The Morgan fingerprint density at radius 2 is 1.04 bits per heavy atom. The average molecular weight is 382 g/mol. The van der Waals surface area contributed by atoms with Gasteiger partial charge in [0.2, 0.25) is 0 Å². The summed E-state index contributed by atoms with van der Waals surface area (Å²) in [6.45, 7) is 2.30. The predicted octanol–water partition coefficient (Wildman–Crippen LogP) is 4.32. The molecule has 0 saturated carbocycles. The summed E-state index contributed by atoms with van der Waals surface area (Å²) in [5, 5.41) is 0. The van der Waals surface area contributed by atoms with Crippen LogP contribution in [0.5, 0.6) is 0 Å². The van der Waals surface area contributed by atoms with Gasteiger partial charge in [0.1, 0.15) is 7.05 Å². The molecule has 1 heterocycles. The minimum Gasteiger partial charge on any atom is -1.00 e. The number of unbranched alkanes of at least 4 members (excludes halogenated alkanes) is 15. The fraction of sp³-hybridized carbons (Fsp3) is 0.792. The van der Waals surface area contributed by atoms with Crippen molar-refractivity contribution in [2.45, 2.75) is 116 Å². The van der Waals surface area contributed by atoms with Crippen LogP contribution in [0.15, 0.2) is 24.4 Å². The SMILES string of the molecule is CCCCCCCCCCCCCCCCCCc1cccc[n+]1C.[Cl-]. The topological polar surface area (TPSA) is 3.88 Å². The van der Waals surface area contributed by atoms with Gasteiger partial charge in [-0.2, -0.15) is 0 Å². The van der Waals surface area contributed by atoms with E-state index in [2.05, 4.69) is 42.9 Å². The van der Waals surface area contributed by atoms with Crippen molar-refractivity contribution < 1.29 is 17.0 Å². The summed E-state index contributed by atoms with van der Waals surface area (Å²) >= 11 is 0. The molecule has 0 amide bonds. The van der Waals surface area contributed by atoms with Crippen LogP contribution in [0.1, 0.15) is 115 Å². The first-order valence-electron chi connectivity index (χ1n) is 11.3. The maximum absolute atomic E-state index is 2.30. The maximum atomic E-state index is 2.30. The van der Waals surface area contributed by atoms with Crippen molar-refractivity contribution in [3.8, 4) is 0 Å². The van der Waals surface area contributed by atoms with Crippen LogP contribution in [0.2, 0.25) is 0 Å². The van der Waals surface area contributed by atoms with Crippen LogP contribution in [-0.4, -0.2) is 0 Å². The molecule has 1 aromatic rings. The molecule has 0 N–H and O–H groups in total. The number of aromatic nitrogens is 1. The van der Waals surface area contributed by atoms with Gasteiger partial charge in [-0.1, -0.05) is 109 Å². The summed E-state index contributed by atoms with van der Waals surface area (Å²) < 4.78 is 2.26. The number of hydrogen-bond donors (Lipinski definition) is 0. The van der Waals surface area contributed by atoms with E-state index in [0.29, 0.717) is 0 Å². The van der Waals surface area contributed by atoms with E-state index < -0.39 is 0 Å². The zero-order valence-corrected chi connectivity index (χ0v) is 18.4. The summed E-state index contributed by atoms with van der Waals surface area (Å²) in [5.74, 6) is 0. The Hall–Kier alpha value is -0.560. The Kier molecular flexibility index (Phi) is 18.8. The molecule has 0 aromatic carbocycles. The summed E-state index contributed by atoms with van der Waals surface area (Å²) in [5.41, 5.74) is 1.47. The van der Waals surface area contributed by atoms with Gasteiger partial charge in [0, 0.05) is 18.6 Å². The lowest BCUT2D eigenvalue weighted by Crippen LogP contribution is -3.00. The second-order valence-electron chi connectivity index (χ2n) is 7.86. The van der Waals surface area contributed by atoms with Crippen LogP contribution >= 0.6 is 0 Å². The van der Waals surface area contributed by atoms with E-state index >= 15 is 0 Å². The van der Waals surface area contributed by atoms with Gasteiger partial charge in [0.05, 0.1) is 0 Å². The highest BCUT2D eigenvalue weighted by molar-refractivity contribution is 4.96. The van der Waals surface area contributed by atoms with Crippen LogP contribution in [-0.2, 0) is 13.5 Å². The number of halogens is 1. The summed E-state index contributed by atoms with van der Waals surface area (Å²) in [4.78, 5) is 0. The highest BCUT2D eigenvalue weighted by Crippen LogP contribution is 2.14. The van der Waals surface area contributed by atoms with E-state index in [9.17, 15) is 0 Å². The average Bonchev–Trinajstić information content (AvgIpc) is 2.63. The van der Waals surface area contributed by atoms with Gasteiger partial charge in [0.25, 0.3) is 0 Å². The molecule has 0 fully saturated rings. The first kappa shape index (κ1) is 25.4. The van der Waals surface area contributed by atoms with Crippen molar-refractivity contribution in [2.24, 2.45) is 7.05 Å². The largest absolute Gasteiger partial charge is 1.00 e. The van der Waals surface area contributed by atoms with E-state index in [1.165, 1.54) is 115 Å². The van der Waals surface area contributed by atoms with Gasteiger partial charge in [0.15, 0.2) is 11.9 Å². The molecule has 0 radical (unpaired) electrons. The second-order valence-corrected chi connectivity index (χ2v) is 7.86. The van der Waals surface area contributed by atoms with Crippen LogP contribution in [0.4, 0.5) is 0 Å². The molecule has 0 unspecified atom stereocenters. The molecule has 0 aliphatic rings.